The van der Waals surface area contributed by atoms with E-state index in [2.05, 4.69) is 43.4 Å². The van der Waals surface area contributed by atoms with Gasteiger partial charge in [-0.15, -0.1) is 0 Å². The zero-order chi connectivity index (χ0) is 15.5. The molecule has 1 aliphatic rings. The van der Waals surface area contributed by atoms with Crippen molar-refractivity contribution in [3.63, 3.8) is 0 Å². The summed E-state index contributed by atoms with van der Waals surface area (Å²) >= 11 is 1.54. The maximum Gasteiger partial charge on any atom is 0.230 e. The van der Waals surface area contributed by atoms with E-state index in [9.17, 15) is 4.79 Å². The second-order valence-corrected chi connectivity index (χ2v) is 7.06. The Balaban J connectivity index is 1.69. The standard InChI is InChI=1S/C18H22N2OS/c1-12-6-5-7-14-10-13(2)18(20-17(12)14)22-11-16(21)19-15-8-3-4-9-15/h5-7,10,15H,3-4,8-9,11H2,1-2H3,(H,19,21). The zero-order valence-corrected chi connectivity index (χ0v) is 14.0. The van der Waals surface area contributed by atoms with Gasteiger partial charge in [0.15, 0.2) is 0 Å². The van der Waals surface area contributed by atoms with E-state index in [0.29, 0.717) is 11.8 Å². The van der Waals surface area contributed by atoms with Crippen molar-refractivity contribution in [3.8, 4) is 0 Å². The third kappa shape index (κ3) is 3.43. The number of pyridine rings is 1. The van der Waals surface area contributed by atoms with Crippen molar-refractivity contribution in [2.45, 2.75) is 50.6 Å². The van der Waals surface area contributed by atoms with Gasteiger partial charge in [-0.1, -0.05) is 42.8 Å². The van der Waals surface area contributed by atoms with E-state index in [-0.39, 0.29) is 5.91 Å². The van der Waals surface area contributed by atoms with Crippen LogP contribution in [0.1, 0.15) is 36.8 Å². The second-order valence-electron chi connectivity index (χ2n) is 6.09. The van der Waals surface area contributed by atoms with E-state index in [0.717, 1.165) is 34.3 Å². The van der Waals surface area contributed by atoms with Gasteiger partial charge in [-0.2, -0.15) is 0 Å². The van der Waals surface area contributed by atoms with Crippen molar-refractivity contribution >= 4 is 28.6 Å². The molecular weight excluding hydrogens is 292 g/mol. The lowest BCUT2D eigenvalue weighted by atomic mass is 10.1. The van der Waals surface area contributed by atoms with Gasteiger partial charge in [0, 0.05) is 11.4 Å². The van der Waals surface area contributed by atoms with Crippen LogP contribution in [-0.2, 0) is 4.79 Å². The number of para-hydroxylation sites is 1. The van der Waals surface area contributed by atoms with Crippen molar-refractivity contribution in [2.24, 2.45) is 0 Å². The molecule has 1 aliphatic carbocycles. The van der Waals surface area contributed by atoms with Crippen LogP contribution in [0.4, 0.5) is 0 Å². The fourth-order valence-corrected chi connectivity index (χ4v) is 3.85. The molecular formula is C18H22N2OS. The molecule has 0 bridgehead atoms. The van der Waals surface area contributed by atoms with E-state index >= 15 is 0 Å². The quantitative estimate of drug-likeness (QED) is 0.867. The van der Waals surface area contributed by atoms with Crippen LogP contribution in [0.15, 0.2) is 29.3 Å². The molecule has 22 heavy (non-hydrogen) atoms. The number of carbonyl (C=O) groups is 1. The molecule has 0 spiro atoms. The number of nitrogens with zero attached hydrogens (tertiary/aromatic N) is 1. The first-order chi connectivity index (χ1) is 10.6. The summed E-state index contributed by atoms with van der Waals surface area (Å²) in [5.74, 6) is 0.574. The van der Waals surface area contributed by atoms with Crippen molar-refractivity contribution in [2.75, 3.05) is 5.75 Å². The van der Waals surface area contributed by atoms with Crippen LogP contribution in [0, 0.1) is 13.8 Å². The minimum absolute atomic E-state index is 0.128. The highest BCUT2D eigenvalue weighted by molar-refractivity contribution is 7.99. The monoisotopic (exact) mass is 314 g/mol. The highest BCUT2D eigenvalue weighted by Gasteiger charge is 2.17. The first-order valence-electron chi connectivity index (χ1n) is 7.92. The van der Waals surface area contributed by atoms with Crippen LogP contribution >= 0.6 is 11.8 Å². The molecule has 1 heterocycles. The number of nitrogens with one attached hydrogen (secondary N) is 1. The van der Waals surface area contributed by atoms with Crippen LogP contribution < -0.4 is 5.32 Å². The Hall–Kier alpha value is -1.55. The Morgan fingerprint density at radius 1 is 1.27 bits per heavy atom. The number of rotatable bonds is 4. The minimum atomic E-state index is 0.128. The number of carbonyl (C=O) groups excluding carboxylic acids is 1. The number of hydrogen-bond acceptors (Lipinski definition) is 3. The summed E-state index contributed by atoms with van der Waals surface area (Å²) in [6.07, 6.45) is 4.73. The van der Waals surface area contributed by atoms with Gasteiger partial charge >= 0.3 is 0 Å². The van der Waals surface area contributed by atoms with Crippen molar-refractivity contribution in [1.82, 2.24) is 10.3 Å². The Morgan fingerprint density at radius 2 is 2.05 bits per heavy atom. The maximum absolute atomic E-state index is 12.1. The summed E-state index contributed by atoms with van der Waals surface area (Å²) in [4.78, 5) is 16.8. The van der Waals surface area contributed by atoms with Gasteiger partial charge in [0.1, 0.15) is 5.03 Å². The zero-order valence-electron chi connectivity index (χ0n) is 13.2. The maximum atomic E-state index is 12.1. The number of aromatic nitrogens is 1. The Morgan fingerprint density at radius 3 is 2.82 bits per heavy atom. The largest absolute Gasteiger partial charge is 0.353 e. The van der Waals surface area contributed by atoms with Crippen molar-refractivity contribution in [1.29, 1.82) is 0 Å². The summed E-state index contributed by atoms with van der Waals surface area (Å²) in [5.41, 5.74) is 3.35. The van der Waals surface area contributed by atoms with E-state index in [1.165, 1.54) is 30.2 Å². The normalized spacial score (nSPS) is 15.4. The Labute approximate surface area is 135 Å². The average molecular weight is 314 g/mol. The summed E-state index contributed by atoms with van der Waals surface area (Å²) in [6, 6.07) is 8.77. The highest BCUT2D eigenvalue weighted by atomic mass is 32.2. The SMILES string of the molecule is Cc1cc2cccc(C)c2nc1SCC(=O)NC1CCCC1. The van der Waals surface area contributed by atoms with Gasteiger partial charge in [-0.25, -0.2) is 4.98 Å². The van der Waals surface area contributed by atoms with Crippen LogP contribution in [0.5, 0.6) is 0 Å². The summed E-state index contributed by atoms with van der Waals surface area (Å²) in [6.45, 7) is 4.14. The smallest absolute Gasteiger partial charge is 0.230 e. The number of hydrogen-bond donors (Lipinski definition) is 1. The van der Waals surface area contributed by atoms with Gasteiger partial charge < -0.3 is 5.32 Å². The molecule has 1 aromatic carbocycles. The molecule has 3 rings (SSSR count). The number of benzene rings is 1. The molecule has 116 valence electrons. The molecule has 4 heteroatoms. The first-order valence-corrected chi connectivity index (χ1v) is 8.91. The minimum Gasteiger partial charge on any atom is -0.353 e. The van der Waals surface area contributed by atoms with Crippen molar-refractivity contribution < 1.29 is 4.79 Å². The van der Waals surface area contributed by atoms with Gasteiger partial charge in [0.2, 0.25) is 5.91 Å². The highest BCUT2D eigenvalue weighted by Crippen LogP contribution is 2.26. The predicted molar refractivity (Wildman–Crippen MR) is 92.3 cm³/mol. The molecule has 0 saturated heterocycles. The number of amides is 1. The Bertz CT molecular complexity index is 693. The van der Waals surface area contributed by atoms with E-state index in [1.807, 2.05) is 0 Å². The molecule has 1 fully saturated rings. The second kappa shape index (κ2) is 6.69. The molecule has 0 atom stereocenters. The molecule has 1 N–H and O–H groups in total. The summed E-state index contributed by atoms with van der Waals surface area (Å²) in [5, 5.41) is 5.26. The molecule has 1 aromatic heterocycles. The first kappa shape index (κ1) is 15.3. The lowest BCUT2D eigenvalue weighted by molar-refractivity contribution is -0.119. The van der Waals surface area contributed by atoms with Crippen LogP contribution in [0.3, 0.4) is 0 Å². The summed E-state index contributed by atoms with van der Waals surface area (Å²) in [7, 11) is 0. The van der Waals surface area contributed by atoms with Gasteiger partial charge in [-0.05, 0) is 43.9 Å². The third-order valence-electron chi connectivity index (χ3n) is 4.25. The van der Waals surface area contributed by atoms with Gasteiger partial charge in [0.25, 0.3) is 0 Å². The van der Waals surface area contributed by atoms with Gasteiger partial charge in [0.05, 0.1) is 11.3 Å². The van der Waals surface area contributed by atoms with Crippen LogP contribution in [0.2, 0.25) is 0 Å². The fourth-order valence-electron chi connectivity index (χ4n) is 3.06. The lowest BCUT2D eigenvalue weighted by Crippen LogP contribution is -2.33. The number of thioether (sulfide) groups is 1. The van der Waals surface area contributed by atoms with Gasteiger partial charge in [-0.3, -0.25) is 4.79 Å². The van der Waals surface area contributed by atoms with E-state index < -0.39 is 0 Å². The Kier molecular flexibility index (Phi) is 4.67. The predicted octanol–water partition coefficient (Wildman–Crippen LogP) is 4.00. The van der Waals surface area contributed by atoms with E-state index in [4.69, 9.17) is 4.98 Å². The third-order valence-corrected chi connectivity index (χ3v) is 5.35. The molecule has 2 aromatic rings. The topological polar surface area (TPSA) is 42.0 Å². The number of aryl methyl sites for hydroxylation is 2. The molecule has 0 radical (unpaired) electrons. The average Bonchev–Trinajstić information content (AvgIpc) is 2.98. The van der Waals surface area contributed by atoms with E-state index in [1.54, 1.807) is 0 Å². The molecule has 3 nitrogen and oxygen atoms in total. The molecule has 0 unspecified atom stereocenters. The summed E-state index contributed by atoms with van der Waals surface area (Å²) < 4.78 is 0. The van der Waals surface area contributed by atoms with Crippen LogP contribution in [-0.4, -0.2) is 22.7 Å². The fraction of sp³-hybridized carbons (Fsp3) is 0.444. The van der Waals surface area contributed by atoms with Crippen molar-refractivity contribution in [3.05, 3.63) is 35.4 Å². The number of fused-ring (bicyclic) bond motifs is 1. The molecule has 1 amide bonds. The molecule has 0 aliphatic heterocycles. The van der Waals surface area contributed by atoms with Crippen LogP contribution in [0.25, 0.3) is 10.9 Å². The molecule has 1 saturated carbocycles. The lowest BCUT2D eigenvalue weighted by Gasteiger charge is -2.12.